The minimum atomic E-state index is -1.17. The van der Waals surface area contributed by atoms with E-state index in [1.54, 1.807) is 0 Å². The lowest BCUT2D eigenvalue weighted by Crippen LogP contribution is -2.41. The second-order valence-electron chi connectivity index (χ2n) is 14.6. The van der Waals surface area contributed by atoms with Crippen LogP contribution in [0.1, 0.15) is 142 Å². The van der Waals surface area contributed by atoms with Crippen LogP contribution in [0.5, 0.6) is 0 Å². The lowest BCUT2D eigenvalue weighted by molar-refractivity contribution is -0.142. The Morgan fingerprint density at radius 3 is 1.44 bits per heavy atom. The summed E-state index contributed by atoms with van der Waals surface area (Å²) in [7, 11) is 2.30. The van der Waals surface area contributed by atoms with E-state index in [4.69, 9.17) is 18.9 Å². The lowest BCUT2D eigenvalue weighted by Gasteiger charge is -2.14. The zero-order valence-electron chi connectivity index (χ0n) is 35.8. The summed E-state index contributed by atoms with van der Waals surface area (Å²) in [6.07, 6.45) is 20.8. The molecule has 4 amide bonds. The molecule has 0 spiro atoms. The number of hydrogen-bond donors (Lipinski definition) is 7. The number of carboxylic acids is 1. The topological polar surface area (TPSA) is 220 Å². The van der Waals surface area contributed by atoms with Gasteiger partial charge in [0.05, 0.1) is 45.7 Å². The average molecular weight is 880 g/mol. The third kappa shape index (κ3) is 39.5. The fraction of sp³-hybridized carbons (Fsp3) is 0.854. The van der Waals surface area contributed by atoms with Gasteiger partial charge in [-0.3, -0.25) is 29.1 Å². The molecule has 0 aliphatic heterocycles. The third-order valence-electron chi connectivity index (χ3n) is 9.39. The maximum Gasteiger partial charge on any atom is 0.326 e. The van der Waals surface area contributed by atoms with E-state index in [1.807, 2.05) is 0 Å². The van der Waals surface area contributed by atoms with Crippen LogP contribution >= 0.6 is 22.0 Å². The van der Waals surface area contributed by atoms with Gasteiger partial charge in [-0.1, -0.05) is 106 Å². The first-order valence-electron chi connectivity index (χ1n) is 21.9. The van der Waals surface area contributed by atoms with Crippen LogP contribution in [0, 0.1) is 0 Å². The second-order valence-corrected chi connectivity index (χ2v) is 15.4. The van der Waals surface area contributed by atoms with Gasteiger partial charge in [-0.2, -0.15) is 0 Å². The number of rotatable bonds is 44. The zero-order chi connectivity index (χ0) is 43.6. The van der Waals surface area contributed by atoms with Crippen molar-refractivity contribution in [1.82, 2.24) is 26.4 Å². The highest BCUT2D eigenvalue weighted by Crippen LogP contribution is 2.14. The fourth-order valence-corrected chi connectivity index (χ4v) is 6.58. The number of carboxylic acid groups (broad SMARTS) is 1. The lowest BCUT2D eigenvalue weighted by atomic mass is 10.0. The molecular formula is C41H78N5O11PS. The predicted molar refractivity (Wildman–Crippen MR) is 235 cm³/mol. The summed E-state index contributed by atoms with van der Waals surface area (Å²) in [6.45, 7) is 4.36. The molecule has 59 heavy (non-hydrogen) atoms. The summed E-state index contributed by atoms with van der Waals surface area (Å²) in [6, 6.07) is -1.44. The van der Waals surface area contributed by atoms with Crippen LogP contribution in [0.2, 0.25) is 0 Å². The number of nitrogens with one attached hydrogen (secondary N) is 5. The first kappa shape index (κ1) is 56.6. The summed E-state index contributed by atoms with van der Waals surface area (Å²) >= 11 is 3.81. The number of hydrogen-bond acceptors (Lipinski definition) is 11. The van der Waals surface area contributed by atoms with Crippen LogP contribution in [0.3, 0.4) is 0 Å². The van der Waals surface area contributed by atoms with Gasteiger partial charge < -0.3 is 45.3 Å². The molecule has 6 N–H and O–H groups in total. The highest BCUT2D eigenvalue weighted by molar-refractivity contribution is 7.96. The van der Waals surface area contributed by atoms with Gasteiger partial charge in [0.1, 0.15) is 19.3 Å². The van der Waals surface area contributed by atoms with Crippen molar-refractivity contribution in [1.29, 1.82) is 0 Å². The number of unbranched alkanes of at least 4 members (excludes halogenated alkanes) is 15. The first-order valence-corrected chi connectivity index (χ1v) is 22.9. The molecule has 0 saturated carbocycles. The van der Waals surface area contributed by atoms with Crippen LogP contribution < -0.4 is 26.4 Å². The molecule has 0 radical (unpaired) electrons. The molecule has 0 aromatic rings. The maximum absolute atomic E-state index is 12.3. The van der Waals surface area contributed by atoms with Crippen molar-refractivity contribution in [2.45, 2.75) is 154 Å². The van der Waals surface area contributed by atoms with Gasteiger partial charge in [0.25, 0.3) is 0 Å². The van der Waals surface area contributed by atoms with E-state index < -0.39 is 12.0 Å². The van der Waals surface area contributed by atoms with E-state index in [0.29, 0.717) is 13.0 Å². The zero-order valence-corrected chi connectivity index (χ0v) is 37.9. The summed E-state index contributed by atoms with van der Waals surface area (Å²) in [5.41, 5.74) is 0. The third-order valence-corrected chi connectivity index (χ3v) is 10.1. The largest absolute Gasteiger partial charge is 0.480 e. The Kier molecular flexibility index (Phi) is 40.6. The summed E-state index contributed by atoms with van der Waals surface area (Å²) < 4.78 is 21.3. The average Bonchev–Trinajstić information content (AvgIpc) is 3.20. The predicted octanol–water partition coefficient (Wildman–Crippen LogP) is 4.39. The molecule has 0 fully saturated rings. The number of ether oxygens (including phenoxy) is 4. The Hall–Kier alpha value is -2.40. The van der Waals surface area contributed by atoms with Crippen molar-refractivity contribution < 1.29 is 52.8 Å². The molecule has 0 bridgehead atoms. The van der Waals surface area contributed by atoms with E-state index in [9.17, 15) is 33.9 Å². The highest BCUT2D eigenvalue weighted by atomic mass is 32.1. The number of amides is 4. The molecular weight excluding hydrogens is 802 g/mol. The monoisotopic (exact) mass is 880 g/mol. The first-order chi connectivity index (χ1) is 28.6. The minimum Gasteiger partial charge on any atom is -0.480 e. The molecule has 0 aromatic heterocycles. The van der Waals surface area contributed by atoms with E-state index in [1.165, 1.54) is 70.6 Å². The molecule has 344 valence electrons. The Morgan fingerprint density at radius 2 is 0.966 bits per heavy atom. The maximum atomic E-state index is 12.3. The molecule has 16 nitrogen and oxygen atoms in total. The summed E-state index contributed by atoms with van der Waals surface area (Å²) in [5, 5.41) is 22.7. The van der Waals surface area contributed by atoms with Crippen molar-refractivity contribution in [3.63, 3.8) is 0 Å². The molecule has 0 aromatic carbocycles. The van der Waals surface area contributed by atoms with Crippen molar-refractivity contribution in [2.24, 2.45) is 0 Å². The number of aliphatic carboxylic acids is 1. The van der Waals surface area contributed by atoms with E-state index >= 15 is 0 Å². The molecule has 0 heterocycles. The Bertz CT molecular complexity index is 1110. The van der Waals surface area contributed by atoms with Crippen LogP contribution in [0.15, 0.2) is 0 Å². The number of thiol groups is 1. The van der Waals surface area contributed by atoms with Gasteiger partial charge in [-0.25, -0.2) is 4.79 Å². The molecule has 0 aliphatic carbocycles. The molecule has 3 atom stereocenters. The van der Waals surface area contributed by atoms with E-state index in [0.717, 1.165) is 38.5 Å². The van der Waals surface area contributed by atoms with Crippen molar-refractivity contribution in [2.75, 3.05) is 72.5 Å². The summed E-state index contributed by atoms with van der Waals surface area (Å²) in [5.74, 6) is -2.35. The summed E-state index contributed by atoms with van der Waals surface area (Å²) in [4.78, 5) is 71.1. The SMILES string of the molecule is CCCCCCCCCCCCCCCCCC(=O)NC(CCC(=O)NCCOCCOCC(=O)NCCOCCOCC(=O)NCCCC[C@H](NP)C(=O)S)C(=O)O. The standard InChI is InChI=1S/C41H78N5O11PS/c1-2-3-4-5-6-7-8-9-10-11-12-13-14-15-16-20-37(48)45-34(40(51)52)21-22-36(47)43-24-26-54-28-31-57-33-39(50)44-25-27-55-29-30-56-32-38(49)42-23-18-17-19-35(46-58)41(53)59/h34-35,46H,2-33,58H2,1H3,(H,42,49)(H,43,47)(H,44,50)(H,45,48)(H,51,52)(H,53,59)/t34?,35-/m0/s1. The van der Waals surface area contributed by atoms with Gasteiger partial charge in [0.15, 0.2) is 0 Å². The van der Waals surface area contributed by atoms with Crippen molar-refractivity contribution >= 4 is 56.7 Å². The Labute approximate surface area is 361 Å². The van der Waals surface area contributed by atoms with Crippen LogP contribution in [-0.2, 0) is 47.7 Å². The van der Waals surface area contributed by atoms with Crippen LogP contribution in [-0.4, -0.2) is 124 Å². The van der Waals surface area contributed by atoms with E-state index in [-0.39, 0.29) is 120 Å². The smallest absolute Gasteiger partial charge is 0.326 e. The van der Waals surface area contributed by atoms with Crippen molar-refractivity contribution in [3.05, 3.63) is 0 Å². The Balaban J connectivity index is 3.66. The van der Waals surface area contributed by atoms with Crippen molar-refractivity contribution in [3.8, 4) is 0 Å². The normalized spacial score (nSPS) is 12.1. The molecule has 0 saturated heterocycles. The minimum absolute atomic E-state index is 0.00772. The quantitative estimate of drug-likeness (QED) is 0.0258. The second kappa shape index (κ2) is 42.3. The van der Waals surface area contributed by atoms with Gasteiger partial charge in [-0.05, 0) is 32.1 Å². The molecule has 2 unspecified atom stereocenters. The van der Waals surface area contributed by atoms with Gasteiger partial charge >= 0.3 is 5.97 Å². The fourth-order valence-electron chi connectivity index (χ4n) is 5.92. The van der Waals surface area contributed by atoms with Gasteiger partial charge in [0.2, 0.25) is 28.7 Å². The molecule has 0 rings (SSSR count). The highest BCUT2D eigenvalue weighted by Gasteiger charge is 2.21. The molecule has 18 heteroatoms. The van der Waals surface area contributed by atoms with Gasteiger partial charge in [-0.15, -0.1) is 12.6 Å². The van der Waals surface area contributed by atoms with E-state index in [2.05, 4.69) is 55.3 Å². The number of carbonyl (C=O) groups excluding carboxylic acids is 5. The Morgan fingerprint density at radius 1 is 0.508 bits per heavy atom. The van der Waals surface area contributed by atoms with Crippen LogP contribution in [0.25, 0.3) is 0 Å². The van der Waals surface area contributed by atoms with Gasteiger partial charge in [0, 0.05) is 32.5 Å². The number of carbonyl (C=O) groups is 6. The van der Waals surface area contributed by atoms with Crippen LogP contribution in [0.4, 0.5) is 0 Å². The molecule has 0 aliphatic rings.